The molecule has 0 radical (unpaired) electrons. The average Bonchev–Trinajstić information content (AvgIpc) is 2.85. The Balaban J connectivity index is 0.000000302. The van der Waals surface area contributed by atoms with Gasteiger partial charge in [0.25, 0.3) is 5.91 Å². The highest BCUT2D eigenvalue weighted by atomic mass is 19.4. The van der Waals surface area contributed by atoms with Gasteiger partial charge in [-0.15, -0.1) is 0 Å². The molecule has 3 aromatic rings. The van der Waals surface area contributed by atoms with E-state index in [0.717, 1.165) is 44.5 Å². The van der Waals surface area contributed by atoms with Gasteiger partial charge in [-0.05, 0) is 61.1 Å². The molecule has 0 aliphatic carbocycles. The van der Waals surface area contributed by atoms with Gasteiger partial charge in [-0.2, -0.15) is 13.2 Å². The van der Waals surface area contributed by atoms with Gasteiger partial charge in [0, 0.05) is 18.7 Å². The van der Waals surface area contributed by atoms with Crippen LogP contribution in [0.3, 0.4) is 0 Å². The minimum Gasteiger partial charge on any atom is -0.859 e. The molecule has 1 fully saturated rings. The summed E-state index contributed by atoms with van der Waals surface area (Å²) in [5.41, 5.74) is 0.918. The van der Waals surface area contributed by atoms with Crippen molar-refractivity contribution in [3.8, 4) is 0 Å². The highest BCUT2D eigenvalue weighted by Gasteiger charge is 2.32. The summed E-state index contributed by atoms with van der Waals surface area (Å²) in [6.07, 6.45) is -1.35. The van der Waals surface area contributed by atoms with Gasteiger partial charge in [0.05, 0.1) is 16.9 Å². The maximum absolute atomic E-state index is 13.1. The second-order valence-corrected chi connectivity index (χ2v) is 7.79. The lowest BCUT2D eigenvalue weighted by atomic mass is 10.1. The summed E-state index contributed by atoms with van der Waals surface area (Å²) in [6, 6.07) is 20.5. The molecule has 178 valence electrons. The molecule has 1 amide bonds. The summed E-state index contributed by atoms with van der Waals surface area (Å²) in [4.78, 5) is 14.4. The highest BCUT2D eigenvalue weighted by molar-refractivity contribution is 6.06. The van der Waals surface area contributed by atoms with Gasteiger partial charge in [-0.1, -0.05) is 48.5 Å². The molecule has 8 heteroatoms. The van der Waals surface area contributed by atoms with E-state index in [1.807, 2.05) is 11.0 Å². The zero-order valence-electron chi connectivity index (χ0n) is 18.4. The van der Waals surface area contributed by atoms with Crippen LogP contribution in [0.1, 0.15) is 40.7 Å². The van der Waals surface area contributed by atoms with Crippen LogP contribution in [0.15, 0.2) is 78.9 Å². The van der Waals surface area contributed by atoms with Crippen LogP contribution in [0.2, 0.25) is 0 Å². The molecular formula is C26H25F3N3O2-. The van der Waals surface area contributed by atoms with Crippen molar-refractivity contribution < 1.29 is 23.1 Å². The molecule has 1 aliphatic rings. The third-order valence-corrected chi connectivity index (χ3v) is 5.34. The molecule has 1 saturated heterocycles. The van der Waals surface area contributed by atoms with Gasteiger partial charge in [-0.3, -0.25) is 4.79 Å². The summed E-state index contributed by atoms with van der Waals surface area (Å²) in [5.74, 6) is -1.05. The number of amides is 1. The van der Waals surface area contributed by atoms with Crippen LogP contribution in [-0.4, -0.2) is 24.9 Å². The van der Waals surface area contributed by atoms with Crippen molar-refractivity contribution in [3.63, 3.8) is 0 Å². The van der Waals surface area contributed by atoms with Crippen molar-refractivity contribution >= 4 is 23.2 Å². The Bertz CT molecular complexity index is 1100. The number of benzene rings is 3. The zero-order valence-corrected chi connectivity index (χ0v) is 18.4. The van der Waals surface area contributed by atoms with Crippen molar-refractivity contribution in [1.29, 1.82) is 5.41 Å². The molecule has 5 nitrogen and oxygen atoms in total. The Kier molecular flexibility index (Phi) is 8.29. The van der Waals surface area contributed by atoms with Crippen LogP contribution < -0.4 is 15.3 Å². The molecule has 0 unspecified atom stereocenters. The van der Waals surface area contributed by atoms with Crippen molar-refractivity contribution in [2.45, 2.75) is 25.4 Å². The number of alkyl halides is 3. The number of nitrogens with zero attached hydrogens (tertiary/aromatic N) is 1. The quantitative estimate of drug-likeness (QED) is 0.402. The van der Waals surface area contributed by atoms with Gasteiger partial charge in [-0.25, -0.2) is 0 Å². The smallest absolute Gasteiger partial charge is 0.416 e. The number of hydrogen-bond donors (Lipinski definition) is 2. The number of anilines is 2. The largest absolute Gasteiger partial charge is 0.859 e. The predicted octanol–water partition coefficient (Wildman–Crippen LogP) is 5.32. The lowest BCUT2D eigenvalue weighted by Crippen LogP contribution is -2.30. The van der Waals surface area contributed by atoms with Crippen molar-refractivity contribution in [2.24, 2.45) is 0 Å². The van der Waals surface area contributed by atoms with E-state index in [1.165, 1.54) is 6.07 Å². The molecule has 0 aromatic heterocycles. The van der Waals surface area contributed by atoms with E-state index in [1.54, 1.807) is 54.6 Å². The third kappa shape index (κ3) is 6.84. The topological polar surface area (TPSA) is 79.2 Å². The summed E-state index contributed by atoms with van der Waals surface area (Å²) in [7, 11) is 0. The molecule has 1 heterocycles. The summed E-state index contributed by atoms with van der Waals surface area (Å²) in [5, 5.41) is 19.6. The molecular weight excluding hydrogens is 443 g/mol. The first-order chi connectivity index (χ1) is 16.3. The predicted molar refractivity (Wildman–Crippen MR) is 125 cm³/mol. The molecule has 3 aromatic carbocycles. The van der Waals surface area contributed by atoms with E-state index in [0.29, 0.717) is 16.8 Å². The zero-order chi connectivity index (χ0) is 24.6. The van der Waals surface area contributed by atoms with Crippen LogP contribution in [0.25, 0.3) is 0 Å². The molecule has 0 atom stereocenters. The lowest BCUT2D eigenvalue weighted by Gasteiger charge is -2.31. The molecule has 34 heavy (non-hydrogen) atoms. The Labute approximate surface area is 196 Å². The minimum absolute atomic E-state index is 0.200. The van der Waals surface area contributed by atoms with Gasteiger partial charge in [0.2, 0.25) is 0 Å². The number of carbonyl (C=O) groups excluding carboxylic acids is 1. The molecule has 0 spiro atoms. The van der Waals surface area contributed by atoms with Crippen molar-refractivity contribution in [2.75, 3.05) is 23.3 Å². The standard InChI is InChI=1S/C19H19F3N2O.C7H7NO/c20-19(21,22)15-9-10-17(24-11-5-2-6-12-24)16(13-15)23-18(25)14-7-3-1-4-8-14;8-7(9)6-4-2-1-3-5-6/h1,3-4,7-10,13H,2,5-6,11-12H2,(H,23,25);1-5H,(H2,8,9)/p-1. The SMILES string of the molecule is N=C([O-])c1ccccc1.O=C(Nc1cc(C(F)(F)F)ccc1N1CCCCC1)c1ccccc1. The van der Waals surface area contributed by atoms with Crippen LogP contribution >= 0.6 is 0 Å². The number of rotatable bonds is 4. The van der Waals surface area contributed by atoms with E-state index in [2.05, 4.69) is 5.32 Å². The van der Waals surface area contributed by atoms with E-state index in [9.17, 15) is 23.1 Å². The lowest BCUT2D eigenvalue weighted by molar-refractivity contribution is -0.214. The fraction of sp³-hybridized carbons (Fsp3) is 0.231. The maximum Gasteiger partial charge on any atom is 0.416 e. The minimum atomic E-state index is -4.45. The van der Waals surface area contributed by atoms with Crippen molar-refractivity contribution in [3.05, 3.63) is 95.6 Å². The van der Waals surface area contributed by atoms with Gasteiger partial charge in [0.1, 0.15) is 0 Å². The molecule has 1 aliphatic heterocycles. The highest BCUT2D eigenvalue weighted by Crippen LogP contribution is 2.36. The Morgan fingerprint density at radius 1 is 0.853 bits per heavy atom. The first-order valence-corrected chi connectivity index (χ1v) is 10.9. The fourth-order valence-electron chi connectivity index (χ4n) is 3.60. The number of nitrogens with one attached hydrogen (secondary N) is 2. The summed E-state index contributed by atoms with van der Waals surface area (Å²) in [6.45, 7) is 1.55. The number of carbonyl (C=O) groups is 1. The second kappa shape index (κ2) is 11.4. The molecule has 2 N–H and O–H groups in total. The van der Waals surface area contributed by atoms with Crippen LogP contribution in [0.4, 0.5) is 24.5 Å². The Morgan fingerprint density at radius 3 is 1.91 bits per heavy atom. The van der Waals surface area contributed by atoms with Gasteiger partial charge >= 0.3 is 6.18 Å². The van der Waals surface area contributed by atoms with E-state index < -0.39 is 23.5 Å². The normalized spacial score (nSPS) is 13.4. The first kappa shape index (κ1) is 24.8. The number of piperidine rings is 1. The Morgan fingerprint density at radius 2 is 1.41 bits per heavy atom. The second-order valence-electron chi connectivity index (χ2n) is 7.79. The number of hydrogen-bond acceptors (Lipinski definition) is 4. The van der Waals surface area contributed by atoms with Crippen LogP contribution in [-0.2, 0) is 6.18 Å². The van der Waals surface area contributed by atoms with Crippen LogP contribution in [0, 0.1) is 5.41 Å². The summed E-state index contributed by atoms with van der Waals surface area (Å²) >= 11 is 0. The number of halogens is 3. The molecule has 4 rings (SSSR count). The summed E-state index contributed by atoms with van der Waals surface area (Å²) < 4.78 is 39.2. The van der Waals surface area contributed by atoms with E-state index >= 15 is 0 Å². The van der Waals surface area contributed by atoms with Crippen LogP contribution in [0.5, 0.6) is 0 Å². The first-order valence-electron chi connectivity index (χ1n) is 10.9. The average molecular weight is 468 g/mol. The van der Waals surface area contributed by atoms with Gasteiger partial charge in [0.15, 0.2) is 0 Å². The monoisotopic (exact) mass is 468 g/mol. The van der Waals surface area contributed by atoms with E-state index in [4.69, 9.17) is 5.41 Å². The van der Waals surface area contributed by atoms with Gasteiger partial charge < -0.3 is 20.7 Å². The maximum atomic E-state index is 13.1. The molecule has 0 bridgehead atoms. The fourth-order valence-corrected chi connectivity index (χ4v) is 3.60. The Hall–Kier alpha value is -3.81. The van der Waals surface area contributed by atoms with E-state index in [-0.39, 0.29) is 5.69 Å². The van der Waals surface area contributed by atoms with Crippen molar-refractivity contribution in [1.82, 2.24) is 0 Å². The molecule has 0 saturated carbocycles. The third-order valence-electron chi connectivity index (χ3n) is 5.34.